The molecule has 1 N–H and O–H groups in total. The van der Waals surface area contributed by atoms with Crippen molar-refractivity contribution in [2.24, 2.45) is 0 Å². The molecule has 0 bridgehead atoms. The molecule has 2 aromatic rings. The van der Waals surface area contributed by atoms with Crippen LogP contribution in [0.1, 0.15) is 6.92 Å². The first-order valence-electron chi connectivity index (χ1n) is 7.53. The first-order chi connectivity index (χ1) is 12.1. The molecule has 0 aliphatic heterocycles. The zero-order valence-corrected chi connectivity index (χ0v) is 16.7. The molecule has 0 aliphatic carbocycles. The van der Waals surface area contributed by atoms with Crippen LogP contribution in [0.3, 0.4) is 0 Å². The highest BCUT2D eigenvalue weighted by molar-refractivity contribution is 7.92. The second-order valence-corrected chi connectivity index (χ2v) is 8.25. The van der Waals surface area contributed by atoms with Crippen molar-refractivity contribution in [3.63, 3.8) is 0 Å². The van der Waals surface area contributed by atoms with E-state index in [2.05, 4.69) is 5.32 Å². The summed E-state index contributed by atoms with van der Waals surface area (Å²) in [6.45, 7) is 1.49. The number of anilines is 2. The summed E-state index contributed by atoms with van der Waals surface area (Å²) in [6, 6.07) is 10.00. The van der Waals surface area contributed by atoms with E-state index in [1.165, 1.54) is 26.2 Å². The van der Waals surface area contributed by atoms with Crippen LogP contribution in [0.2, 0.25) is 10.0 Å². The van der Waals surface area contributed by atoms with Gasteiger partial charge in [-0.05, 0) is 49.4 Å². The molecule has 0 saturated carbocycles. The van der Waals surface area contributed by atoms with E-state index in [9.17, 15) is 13.2 Å². The van der Waals surface area contributed by atoms with Crippen molar-refractivity contribution in [2.75, 3.05) is 23.0 Å². The number of sulfonamides is 1. The van der Waals surface area contributed by atoms with Crippen LogP contribution in [-0.4, -0.2) is 33.7 Å². The number of rotatable bonds is 6. The van der Waals surface area contributed by atoms with Gasteiger partial charge in [0.15, 0.2) is 0 Å². The van der Waals surface area contributed by atoms with Gasteiger partial charge in [0.25, 0.3) is 0 Å². The number of hydrogen-bond donors (Lipinski definition) is 1. The molecule has 2 rings (SSSR count). The van der Waals surface area contributed by atoms with Crippen molar-refractivity contribution in [2.45, 2.75) is 13.0 Å². The maximum atomic E-state index is 12.6. The van der Waals surface area contributed by atoms with Gasteiger partial charge in [0.1, 0.15) is 11.8 Å². The Hall–Kier alpha value is -1.96. The van der Waals surface area contributed by atoms with Gasteiger partial charge in [0.05, 0.1) is 24.1 Å². The van der Waals surface area contributed by atoms with Gasteiger partial charge in [-0.15, -0.1) is 0 Å². The molecule has 0 fully saturated rings. The minimum atomic E-state index is -3.75. The van der Waals surface area contributed by atoms with Gasteiger partial charge < -0.3 is 10.1 Å². The molecule has 140 valence electrons. The highest BCUT2D eigenvalue weighted by Gasteiger charge is 2.29. The number of carbonyl (C=O) groups is 1. The molecule has 1 amide bonds. The first kappa shape index (κ1) is 20.4. The number of nitrogens with one attached hydrogen (secondary N) is 1. The molecule has 0 aromatic heterocycles. The molecule has 0 radical (unpaired) electrons. The molecule has 0 spiro atoms. The molecule has 0 unspecified atom stereocenters. The van der Waals surface area contributed by atoms with E-state index in [1.54, 1.807) is 30.3 Å². The lowest BCUT2D eigenvalue weighted by atomic mass is 10.2. The van der Waals surface area contributed by atoms with Gasteiger partial charge >= 0.3 is 0 Å². The van der Waals surface area contributed by atoms with Crippen molar-refractivity contribution in [3.05, 3.63) is 52.5 Å². The van der Waals surface area contributed by atoms with Crippen molar-refractivity contribution in [3.8, 4) is 5.75 Å². The van der Waals surface area contributed by atoms with Crippen molar-refractivity contribution in [1.29, 1.82) is 0 Å². The number of halogens is 2. The second kappa shape index (κ2) is 8.16. The molecule has 6 nitrogen and oxygen atoms in total. The van der Waals surface area contributed by atoms with Crippen LogP contribution in [0.5, 0.6) is 5.75 Å². The van der Waals surface area contributed by atoms with E-state index in [0.29, 0.717) is 16.5 Å². The zero-order valence-electron chi connectivity index (χ0n) is 14.4. The van der Waals surface area contributed by atoms with Gasteiger partial charge in [-0.1, -0.05) is 23.2 Å². The number of nitrogens with zero attached hydrogens (tertiary/aromatic N) is 1. The maximum absolute atomic E-state index is 12.6. The van der Waals surface area contributed by atoms with Crippen LogP contribution >= 0.6 is 23.2 Å². The van der Waals surface area contributed by atoms with Crippen LogP contribution < -0.4 is 14.4 Å². The predicted octanol–water partition coefficient (Wildman–Crippen LogP) is 3.80. The highest BCUT2D eigenvalue weighted by Crippen LogP contribution is 2.31. The minimum absolute atomic E-state index is 0.240. The molecule has 9 heteroatoms. The molecule has 0 aliphatic rings. The van der Waals surface area contributed by atoms with E-state index >= 15 is 0 Å². The summed E-state index contributed by atoms with van der Waals surface area (Å²) in [4.78, 5) is 12.6. The quantitative estimate of drug-likeness (QED) is 0.776. The van der Waals surface area contributed by atoms with Gasteiger partial charge in [-0.25, -0.2) is 8.42 Å². The normalized spacial score (nSPS) is 12.3. The lowest BCUT2D eigenvalue weighted by molar-refractivity contribution is -0.116. The average Bonchev–Trinajstić information content (AvgIpc) is 2.56. The van der Waals surface area contributed by atoms with Gasteiger partial charge in [0.2, 0.25) is 15.9 Å². The Morgan fingerprint density at radius 3 is 2.27 bits per heavy atom. The third-order valence-electron chi connectivity index (χ3n) is 3.59. The monoisotopic (exact) mass is 416 g/mol. The van der Waals surface area contributed by atoms with Crippen LogP contribution in [-0.2, 0) is 14.8 Å². The Bertz CT molecular complexity index is 901. The van der Waals surface area contributed by atoms with Crippen LogP contribution in [0.25, 0.3) is 0 Å². The SMILES string of the molecule is COc1ccc(N([C@@H](C)C(=O)Nc2ccc(Cl)cc2)S(C)(=O)=O)cc1Cl. The molecular weight excluding hydrogens is 399 g/mol. The topological polar surface area (TPSA) is 75.7 Å². The predicted molar refractivity (Wildman–Crippen MR) is 105 cm³/mol. The molecule has 0 heterocycles. The largest absolute Gasteiger partial charge is 0.495 e. The Balaban J connectivity index is 2.32. The summed E-state index contributed by atoms with van der Waals surface area (Å²) in [5.74, 6) is -0.0909. The Morgan fingerprint density at radius 1 is 1.15 bits per heavy atom. The zero-order chi connectivity index (χ0) is 19.5. The Kier molecular flexibility index (Phi) is 6.39. The van der Waals surface area contributed by atoms with E-state index in [1.807, 2.05) is 0 Å². The Labute approximate surface area is 162 Å². The van der Waals surface area contributed by atoms with E-state index in [4.69, 9.17) is 27.9 Å². The number of hydrogen-bond acceptors (Lipinski definition) is 4. The van der Waals surface area contributed by atoms with Crippen molar-refractivity contribution >= 4 is 50.5 Å². The summed E-state index contributed by atoms with van der Waals surface area (Å²) in [5.41, 5.74) is 0.768. The van der Waals surface area contributed by atoms with E-state index in [-0.39, 0.29) is 10.7 Å². The fraction of sp³-hybridized carbons (Fsp3) is 0.235. The summed E-state index contributed by atoms with van der Waals surface area (Å²) in [6.07, 6.45) is 1.03. The number of carbonyl (C=O) groups excluding carboxylic acids is 1. The standard InChI is InChI=1S/C17H18Cl2N2O4S/c1-11(17(22)20-13-6-4-12(18)5-7-13)21(26(3,23)24)14-8-9-16(25-2)15(19)10-14/h4-11H,1-3H3,(H,20,22)/t11-/m0/s1. The minimum Gasteiger partial charge on any atom is -0.495 e. The number of benzene rings is 2. The maximum Gasteiger partial charge on any atom is 0.247 e. The van der Waals surface area contributed by atoms with Crippen LogP contribution in [0, 0.1) is 0 Å². The third-order valence-corrected chi connectivity index (χ3v) is 5.38. The van der Waals surface area contributed by atoms with Gasteiger partial charge in [0, 0.05) is 10.7 Å². The molecule has 26 heavy (non-hydrogen) atoms. The van der Waals surface area contributed by atoms with Crippen molar-refractivity contribution < 1.29 is 17.9 Å². The van der Waals surface area contributed by atoms with Crippen LogP contribution in [0.4, 0.5) is 11.4 Å². The fourth-order valence-electron chi connectivity index (χ4n) is 2.38. The highest BCUT2D eigenvalue weighted by atomic mass is 35.5. The lowest BCUT2D eigenvalue weighted by Gasteiger charge is -2.28. The first-order valence-corrected chi connectivity index (χ1v) is 10.1. The summed E-state index contributed by atoms with van der Waals surface area (Å²) in [5, 5.41) is 3.44. The average molecular weight is 417 g/mol. The van der Waals surface area contributed by atoms with E-state index in [0.717, 1.165) is 10.6 Å². The smallest absolute Gasteiger partial charge is 0.247 e. The summed E-state index contributed by atoms with van der Waals surface area (Å²) >= 11 is 11.9. The second-order valence-electron chi connectivity index (χ2n) is 5.55. The molecule has 0 saturated heterocycles. The number of amides is 1. The molecule has 2 aromatic carbocycles. The van der Waals surface area contributed by atoms with Gasteiger partial charge in [-0.2, -0.15) is 0 Å². The Morgan fingerprint density at radius 2 is 1.77 bits per heavy atom. The van der Waals surface area contributed by atoms with Gasteiger partial charge in [-0.3, -0.25) is 9.10 Å². The van der Waals surface area contributed by atoms with Crippen LogP contribution in [0.15, 0.2) is 42.5 Å². The summed E-state index contributed by atoms with van der Waals surface area (Å²) < 4.78 is 30.7. The van der Waals surface area contributed by atoms with E-state index < -0.39 is 22.0 Å². The molecule has 1 atom stereocenters. The number of ether oxygens (including phenoxy) is 1. The lowest BCUT2D eigenvalue weighted by Crippen LogP contribution is -2.45. The number of methoxy groups -OCH3 is 1. The molecular formula is C17H18Cl2N2O4S. The fourth-order valence-corrected chi connectivity index (χ4v) is 3.93. The summed E-state index contributed by atoms with van der Waals surface area (Å²) in [7, 11) is -2.29. The van der Waals surface area contributed by atoms with Crippen molar-refractivity contribution in [1.82, 2.24) is 0 Å². The third kappa shape index (κ3) is 4.81.